The molecule has 0 aliphatic rings. The summed E-state index contributed by atoms with van der Waals surface area (Å²) in [5.74, 6) is -1.61. The lowest BCUT2D eigenvalue weighted by atomic mass is 10.2. The lowest BCUT2D eigenvalue weighted by molar-refractivity contribution is -0.145. The number of ether oxygens (including phenoxy) is 1. The first-order valence-electron chi connectivity index (χ1n) is 7.62. The van der Waals surface area contributed by atoms with E-state index in [-0.39, 0.29) is 6.54 Å². The SMILES string of the molecule is C[C@H](NC(=O)OC(C)(C)C)C(=O)N(CC(=O)O)Cc1ccccc1. The summed E-state index contributed by atoms with van der Waals surface area (Å²) in [5, 5.41) is 11.5. The second-order valence-electron chi connectivity index (χ2n) is 6.44. The van der Waals surface area contributed by atoms with Crippen molar-refractivity contribution >= 4 is 18.0 Å². The third-order valence-electron chi connectivity index (χ3n) is 2.96. The quantitative estimate of drug-likeness (QED) is 0.828. The van der Waals surface area contributed by atoms with E-state index in [1.807, 2.05) is 6.07 Å². The first kappa shape index (κ1) is 19.5. The van der Waals surface area contributed by atoms with Gasteiger partial charge in [0.1, 0.15) is 18.2 Å². The number of carbonyl (C=O) groups excluding carboxylic acids is 2. The molecule has 1 atom stereocenters. The Balaban J connectivity index is 2.76. The van der Waals surface area contributed by atoms with Crippen LogP contribution in [-0.2, 0) is 20.9 Å². The average molecular weight is 336 g/mol. The molecule has 0 spiro atoms. The van der Waals surface area contributed by atoms with Crippen molar-refractivity contribution in [2.24, 2.45) is 0 Å². The predicted octanol–water partition coefficient (Wildman–Crippen LogP) is 2.01. The second kappa shape index (κ2) is 8.33. The molecule has 2 N–H and O–H groups in total. The maximum atomic E-state index is 12.5. The zero-order chi connectivity index (χ0) is 18.3. The van der Waals surface area contributed by atoms with Gasteiger partial charge in [-0.3, -0.25) is 9.59 Å². The molecule has 0 aliphatic carbocycles. The Kier molecular flexibility index (Phi) is 6.76. The molecule has 7 heteroatoms. The Morgan fingerprint density at radius 3 is 2.29 bits per heavy atom. The van der Waals surface area contributed by atoms with Crippen LogP contribution in [-0.4, -0.2) is 46.2 Å². The number of hydrogen-bond acceptors (Lipinski definition) is 4. The van der Waals surface area contributed by atoms with Gasteiger partial charge in [-0.2, -0.15) is 0 Å². The van der Waals surface area contributed by atoms with Gasteiger partial charge in [0.05, 0.1) is 0 Å². The van der Waals surface area contributed by atoms with Gasteiger partial charge in [-0.1, -0.05) is 30.3 Å². The maximum Gasteiger partial charge on any atom is 0.408 e. The van der Waals surface area contributed by atoms with Crippen LogP contribution in [0.5, 0.6) is 0 Å². The number of carbonyl (C=O) groups is 3. The molecular weight excluding hydrogens is 312 g/mol. The molecule has 0 radical (unpaired) electrons. The number of carboxylic acids is 1. The van der Waals surface area contributed by atoms with Crippen LogP contribution in [0.15, 0.2) is 30.3 Å². The number of amides is 2. The fourth-order valence-electron chi connectivity index (χ4n) is 2.00. The van der Waals surface area contributed by atoms with Gasteiger partial charge in [-0.15, -0.1) is 0 Å². The molecule has 0 heterocycles. The molecule has 24 heavy (non-hydrogen) atoms. The highest BCUT2D eigenvalue weighted by molar-refractivity contribution is 5.87. The molecule has 0 saturated carbocycles. The minimum atomic E-state index is -1.12. The number of nitrogens with one attached hydrogen (secondary N) is 1. The average Bonchev–Trinajstić information content (AvgIpc) is 2.44. The third-order valence-corrected chi connectivity index (χ3v) is 2.96. The van der Waals surface area contributed by atoms with Crippen molar-refractivity contribution in [2.45, 2.75) is 45.9 Å². The fourth-order valence-corrected chi connectivity index (χ4v) is 2.00. The van der Waals surface area contributed by atoms with Crippen LogP contribution in [0.4, 0.5) is 4.79 Å². The molecule has 132 valence electrons. The zero-order valence-corrected chi connectivity index (χ0v) is 14.4. The minimum Gasteiger partial charge on any atom is -0.480 e. The van der Waals surface area contributed by atoms with Gasteiger partial charge in [0.15, 0.2) is 0 Å². The van der Waals surface area contributed by atoms with Gasteiger partial charge in [0.25, 0.3) is 0 Å². The van der Waals surface area contributed by atoms with Gasteiger partial charge in [-0.05, 0) is 33.3 Å². The van der Waals surface area contributed by atoms with Gasteiger partial charge in [0, 0.05) is 6.54 Å². The van der Waals surface area contributed by atoms with Crippen molar-refractivity contribution in [3.05, 3.63) is 35.9 Å². The molecule has 7 nitrogen and oxygen atoms in total. The van der Waals surface area contributed by atoms with Crippen LogP contribution >= 0.6 is 0 Å². The summed E-state index contributed by atoms with van der Waals surface area (Å²) >= 11 is 0. The largest absolute Gasteiger partial charge is 0.480 e. The number of aliphatic carboxylic acids is 1. The highest BCUT2D eigenvalue weighted by Gasteiger charge is 2.26. The standard InChI is InChI=1S/C17H24N2O5/c1-12(18-16(23)24-17(2,3)4)15(22)19(11-14(20)21)10-13-8-6-5-7-9-13/h5-9,12H,10-11H2,1-4H3,(H,18,23)(H,20,21)/t12-/m0/s1. The molecule has 0 saturated heterocycles. The van der Waals surface area contributed by atoms with Crippen molar-refractivity contribution in [1.29, 1.82) is 0 Å². The molecule has 1 aromatic carbocycles. The fraction of sp³-hybridized carbons (Fsp3) is 0.471. The van der Waals surface area contributed by atoms with Crippen molar-refractivity contribution in [3.63, 3.8) is 0 Å². The second-order valence-corrected chi connectivity index (χ2v) is 6.44. The Morgan fingerprint density at radius 1 is 1.21 bits per heavy atom. The number of rotatable bonds is 6. The summed E-state index contributed by atoms with van der Waals surface area (Å²) in [4.78, 5) is 36.4. The molecule has 0 bridgehead atoms. The van der Waals surface area contributed by atoms with E-state index in [4.69, 9.17) is 9.84 Å². The van der Waals surface area contributed by atoms with E-state index >= 15 is 0 Å². The smallest absolute Gasteiger partial charge is 0.408 e. The Bertz CT molecular complexity index is 580. The lowest BCUT2D eigenvalue weighted by Crippen LogP contribution is -2.49. The number of carboxylic acid groups (broad SMARTS) is 1. The van der Waals surface area contributed by atoms with Gasteiger partial charge >= 0.3 is 12.1 Å². The van der Waals surface area contributed by atoms with E-state index in [0.717, 1.165) is 5.56 Å². The van der Waals surface area contributed by atoms with Crippen LogP contribution < -0.4 is 5.32 Å². The summed E-state index contributed by atoms with van der Waals surface area (Å²) in [6, 6.07) is 8.15. The van der Waals surface area contributed by atoms with Crippen molar-refractivity contribution in [1.82, 2.24) is 10.2 Å². The minimum absolute atomic E-state index is 0.145. The van der Waals surface area contributed by atoms with Crippen LogP contribution in [0.2, 0.25) is 0 Å². The van der Waals surface area contributed by atoms with Crippen LogP contribution in [0, 0.1) is 0 Å². The molecule has 1 rings (SSSR count). The molecule has 0 aliphatic heterocycles. The van der Waals surface area contributed by atoms with Crippen LogP contribution in [0.1, 0.15) is 33.3 Å². The van der Waals surface area contributed by atoms with Gasteiger partial charge in [0.2, 0.25) is 5.91 Å². The molecule has 0 aromatic heterocycles. The molecule has 0 fully saturated rings. The Morgan fingerprint density at radius 2 is 1.79 bits per heavy atom. The summed E-state index contributed by atoms with van der Waals surface area (Å²) in [6.07, 6.45) is -0.724. The normalized spacial score (nSPS) is 12.2. The highest BCUT2D eigenvalue weighted by Crippen LogP contribution is 2.09. The van der Waals surface area contributed by atoms with E-state index in [0.29, 0.717) is 0 Å². The van der Waals surface area contributed by atoms with E-state index in [9.17, 15) is 14.4 Å². The summed E-state index contributed by atoms with van der Waals surface area (Å²) in [5.41, 5.74) is 0.119. The topological polar surface area (TPSA) is 95.9 Å². The monoisotopic (exact) mass is 336 g/mol. The number of nitrogens with zero attached hydrogens (tertiary/aromatic N) is 1. The third kappa shape index (κ3) is 7.13. The zero-order valence-electron chi connectivity index (χ0n) is 14.4. The van der Waals surface area contributed by atoms with E-state index in [1.54, 1.807) is 45.0 Å². The molecule has 0 unspecified atom stereocenters. The van der Waals surface area contributed by atoms with E-state index < -0.39 is 36.2 Å². The Labute approximate surface area is 141 Å². The molecule has 2 amide bonds. The summed E-state index contributed by atoms with van der Waals surface area (Å²) in [7, 11) is 0. The van der Waals surface area contributed by atoms with Crippen LogP contribution in [0.25, 0.3) is 0 Å². The van der Waals surface area contributed by atoms with Gasteiger partial charge in [-0.25, -0.2) is 4.79 Å². The van der Waals surface area contributed by atoms with Crippen LogP contribution in [0.3, 0.4) is 0 Å². The molecular formula is C17H24N2O5. The van der Waals surface area contributed by atoms with Gasteiger partial charge < -0.3 is 20.1 Å². The highest BCUT2D eigenvalue weighted by atomic mass is 16.6. The molecule has 1 aromatic rings. The van der Waals surface area contributed by atoms with E-state index in [1.165, 1.54) is 11.8 Å². The predicted molar refractivity (Wildman–Crippen MR) is 88.3 cm³/mol. The van der Waals surface area contributed by atoms with E-state index in [2.05, 4.69) is 5.32 Å². The lowest BCUT2D eigenvalue weighted by Gasteiger charge is -2.26. The van der Waals surface area contributed by atoms with Crippen molar-refractivity contribution < 1.29 is 24.2 Å². The number of benzene rings is 1. The summed E-state index contributed by atoms with van der Waals surface area (Å²) < 4.78 is 5.10. The number of hydrogen-bond donors (Lipinski definition) is 2. The summed E-state index contributed by atoms with van der Waals surface area (Å²) in [6.45, 7) is 6.33. The van der Waals surface area contributed by atoms with Crippen molar-refractivity contribution in [3.8, 4) is 0 Å². The maximum absolute atomic E-state index is 12.5. The Hall–Kier alpha value is -2.57. The first-order valence-corrected chi connectivity index (χ1v) is 7.62. The number of alkyl carbamates (subject to hydrolysis) is 1. The first-order chi connectivity index (χ1) is 11.1. The van der Waals surface area contributed by atoms with Crippen molar-refractivity contribution in [2.75, 3.05) is 6.54 Å².